The number of nitrogens with zero attached hydrogens (tertiary/aromatic N) is 2. The van der Waals surface area contributed by atoms with Crippen LogP contribution >= 0.6 is 15.9 Å². The molecule has 3 rings (SSSR count). The van der Waals surface area contributed by atoms with Crippen LogP contribution < -0.4 is 9.47 Å². The summed E-state index contributed by atoms with van der Waals surface area (Å²) in [6.07, 6.45) is 3.15. The van der Waals surface area contributed by atoms with E-state index in [-0.39, 0.29) is 13.4 Å². The van der Waals surface area contributed by atoms with Crippen LogP contribution in [0.4, 0.5) is 0 Å². The minimum absolute atomic E-state index is 0.144. The molecule has 0 saturated heterocycles. The van der Waals surface area contributed by atoms with Crippen molar-refractivity contribution in [1.82, 2.24) is 9.78 Å². The van der Waals surface area contributed by atoms with Crippen LogP contribution in [0.2, 0.25) is 0 Å². The molecule has 0 unspecified atom stereocenters. The smallest absolute Gasteiger partial charge is 0.331 e. The molecule has 0 radical (unpaired) electrons. The highest BCUT2D eigenvalue weighted by Crippen LogP contribution is 2.37. The van der Waals surface area contributed by atoms with Crippen LogP contribution in [0.1, 0.15) is 22.5 Å². The van der Waals surface area contributed by atoms with Crippen molar-refractivity contribution >= 4 is 28.0 Å². The second kappa shape index (κ2) is 6.68. The van der Waals surface area contributed by atoms with Crippen molar-refractivity contribution in [3.8, 4) is 11.5 Å². The number of rotatable bonds is 4. The number of hydrogen-bond acceptors (Lipinski definition) is 5. The topological polar surface area (TPSA) is 62.6 Å². The summed E-state index contributed by atoms with van der Waals surface area (Å²) < 4.78 is 18.5. The molecule has 1 aliphatic heterocycles. The molecule has 0 spiro atoms. The maximum atomic E-state index is 12.0. The zero-order valence-corrected chi connectivity index (χ0v) is 15.2. The Labute approximate surface area is 148 Å². The molecule has 1 aromatic heterocycles. The molecule has 0 amide bonds. The van der Waals surface area contributed by atoms with Crippen molar-refractivity contribution in [3.05, 3.63) is 45.2 Å². The van der Waals surface area contributed by atoms with Gasteiger partial charge in [0.05, 0.1) is 5.69 Å². The normalized spacial score (nSPS) is 12.8. The molecule has 2 aromatic rings. The first kappa shape index (κ1) is 16.6. The summed E-state index contributed by atoms with van der Waals surface area (Å²) in [6, 6.07) is 3.61. The van der Waals surface area contributed by atoms with Gasteiger partial charge in [-0.25, -0.2) is 4.79 Å². The Balaban J connectivity index is 1.65. The van der Waals surface area contributed by atoms with Gasteiger partial charge in [-0.3, -0.25) is 4.68 Å². The number of carbonyl (C=O) groups excluding carboxylic acids is 1. The average Bonchev–Trinajstić information content (AvgIpc) is 3.08. The molecule has 0 saturated carbocycles. The van der Waals surface area contributed by atoms with E-state index in [0.717, 1.165) is 27.0 Å². The van der Waals surface area contributed by atoms with E-state index in [1.54, 1.807) is 16.8 Å². The molecule has 7 heteroatoms. The quantitative estimate of drug-likeness (QED) is 0.589. The van der Waals surface area contributed by atoms with Gasteiger partial charge in [0.15, 0.2) is 11.5 Å². The molecule has 2 heterocycles. The number of hydrogen-bond donors (Lipinski definition) is 0. The van der Waals surface area contributed by atoms with Gasteiger partial charge in [0.1, 0.15) is 6.61 Å². The van der Waals surface area contributed by atoms with E-state index in [1.807, 2.05) is 27.0 Å². The fourth-order valence-corrected chi connectivity index (χ4v) is 2.89. The number of halogens is 1. The molecular weight excluding hydrogens is 376 g/mol. The van der Waals surface area contributed by atoms with Gasteiger partial charge in [-0.1, -0.05) is 15.9 Å². The Morgan fingerprint density at radius 1 is 1.38 bits per heavy atom. The number of fused-ring (bicyclic) bond motifs is 1. The third-order valence-corrected chi connectivity index (χ3v) is 4.60. The number of ether oxygens (including phenoxy) is 3. The highest BCUT2D eigenvalue weighted by atomic mass is 79.9. The lowest BCUT2D eigenvalue weighted by molar-refractivity contribution is -0.138. The minimum atomic E-state index is -0.415. The van der Waals surface area contributed by atoms with Gasteiger partial charge in [-0.15, -0.1) is 0 Å². The van der Waals surface area contributed by atoms with Gasteiger partial charge in [0.25, 0.3) is 0 Å². The van der Waals surface area contributed by atoms with Crippen LogP contribution in [0.5, 0.6) is 11.5 Å². The third kappa shape index (κ3) is 3.31. The predicted octanol–water partition coefficient (Wildman–Crippen LogP) is 3.28. The summed E-state index contributed by atoms with van der Waals surface area (Å²) in [5, 5.41) is 4.31. The third-order valence-electron chi connectivity index (χ3n) is 3.86. The van der Waals surface area contributed by atoms with Crippen LogP contribution in [0.15, 0.2) is 22.7 Å². The molecule has 0 N–H and O–H groups in total. The van der Waals surface area contributed by atoms with Gasteiger partial charge in [0.2, 0.25) is 6.79 Å². The molecule has 24 heavy (non-hydrogen) atoms. The van der Waals surface area contributed by atoms with Gasteiger partial charge >= 0.3 is 5.97 Å². The van der Waals surface area contributed by atoms with Crippen molar-refractivity contribution in [1.29, 1.82) is 0 Å². The average molecular weight is 393 g/mol. The number of esters is 1. The molecule has 6 nitrogen and oxygen atoms in total. The van der Waals surface area contributed by atoms with E-state index in [9.17, 15) is 4.79 Å². The molecule has 0 aliphatic carbocycles. The molecule has 1 aromatic carbocycles. The Morgan fingerprint density at radius 2 is 2.08 bits per heavy atom. The van der Waals surface area contributed by atoms with Crippen molar-refractivity contribution in [2.45, 2.75) is 20.5 Å². The summed E-state index contributed by atoms with van der Waals surface area (Å²) in [7, 11) is 1.87. The Bertz CT molecular complexity index is 826. The lowest BCUT2D eigenvalue weighted by Gasteiger charge is -2.06. The summed E-state index contributed by atoms with van der Waals surface area (Å²) >= 11 is 3.44. The van der Waals surface area contributed by atoms with E-state index >= 15 is 0 Å². The van der Waals surface area contributed by atoms with Crippen LogP contribution in [0, 0.1) is 13.8 Å². The first-order chi connectivity index (χ1) is 11.5. The van der Waals surface area contributed by atoms with Crippen LogP contribution in [-0.2, 0) is 23.2 Å². The van der Waals surface area contributed by atoms with E-state index < -0.39 is 5.97 Å². The van der Waals surface area contributed by atoms with Gasteiger partial charge in [-0.05, 0) is 32.1 Å². The first-order valence-corrected chi connectivity index (χ1v) is 8.18. The summed E-state index contributed by atoms with van der Waals surface area (Å²) in [5.74, 6) is 0.919. The largest absolute Gasteiger partial charge is 0.458 e. The predicted molar refractivity (Wildman–Crippen MR) is 91.8 cm³/mol. The molecule has 126 valence electrons. The van der Waals surface area contributed by atoms with Crippen LogP contribution in [-0.4, -0.2) is 22.5 Å². The first-order valence-electron chi connectivity index (χ1n) is 7.38. The summed E-state index contributed by atoms with van der Waals surface area (Å²) in [5.41, 5.74) is 3.61. The zero-order chi connectivity index (χ0) is 17.3. The lowest BCUT2D eigenvalue weighted by Crippen LogP contribution is -2.01. The molecule has 1 aliphatic rings. The van der Waals surface area contributed by atoms with Crippen molar-refractivity contribution in [2.75, 3.05) is 6.79 Å². The van der Waals surface area contributed by atoms with Crippen molar-refractivity contribution in [2.24, 2.45) is 7.05 Å². The number of aryl methyl sites for hydroxylation is 2. The van der Waals surface area contributed by atoms with Crippen molar-refractivity contribution < 1.29 is 19.0 Å². The Kier molecular flexibility index (Phi) is 4.62. The van der Waals surface area contributed by atoms with E-state index in [2.05, 4.69) is 21.0 Å². The molecular formula is C17H17BrN2O4. The highest BCUT2D eigenvalue weighted by molar-refractivity contribution is 9.10. The van der Waals surface area contributed by atoms with Gasteiger partial charge in [0, 0.05) is 34.4 Å². The Morgan fingerprint density at radius 3 is 2.75 bits per heavy atom. The number of aromatic nitrogens is 2. The van der Waals surface area contributed by atoms with E-state index in [1.165, 1.54) is 6.08 Å². The molecule has 0 bridgehead atoms. The minimum Gasteiger partial charge on any atom is -0.458 e. The second-order valence-electron chi connectivity index (χ2n) is 5.45. The monoisotopic (exact) mass is 392 g/mol. The fraction of sp³-hybridized carbons (Fsp3) is 0.294. The van der Waals surface area contributed by atoms with E-state index in [0.29, 0.717) is 11.5 Å². The van der Waals surface area contributed by atoms with Crippen molar-refractivity contribution in [3.63, 3.8) is 0 Å². The van der Waals surface area contributed by atoms with Gasteiger partial charge < -0.3 is 14.2 Å². The highest BCUT2D eigenvalue weighted by Gasteiger charge is 2.17. The van der Waals surface area contributed by atoms with Crippen LogP contribution in [0.3, 0.4) is 0 Å². The maximum absolute atomic E-state index is 12.0. The Hall–Kier alpha value is -2.28. The van der Waals surface area contributed by atoms with E-state index in [4.69, 9.17) is 14.2 Å². The zero-order valence-electron chi connectivity index (χ0n) is 13.6. The maximum Gasteiger partial charge on any atom is 0.331 e. The summed E-state index contributed by atoms with van der Waals surface area (Å²) in [4.78, 5) is 12.0. The fourth-order valence-electron chi connectivity index (χ4n) is 2.45. The number of benzene rings is 1. The number of carbonyl (C=O) groups is 1. The molecule has 0 fully saturated rings. The van der Waals surface area contributed by atoms with Gasteiger partial charge in [-0.2, -0.15) is 5.10 Å². The lowest BCUT2D eigenvalue weighted by atomic mass is 10.2. The van der Waals surface area contributed by atoms with Crippen LogP contribution in [0.25, 0.3) is 6.08 Å². The SMILES string of the molecule is Cc1nn(C)c(C)c1/C=C/C(=O)OCc1cc2c(cc1Br)OCO2. The summed E-state index contributed by atoms with van der Waals surface area (Å²) in [6.45, 7) is 4.21. The standard InChI is InChI=1S/C17H17BrN2O4/c1-10-13(11(2)20(3)19-10)4-5-17(21)22-8-12-6-15-16(7-14(12)18)24-9-23-15/h4-7H,8-9H2,1-3H3/b5-4+. The molecule has 0 atom stereocenters. The second-order valence-corrected chi connectivity index (χ2v) is 6.30.